The van der Waals surface area contributed by atoms with Gasteiger partial charge in [-0.1, -0.05) is 30.3 Å². The summed E-state index contributed by atoms with van der Waals surface area (Å²) in [6.07, 6.45) is 0. The number of amides is 1. The van der Waals surface area contributed by atoms with Gasteiger partial charge in [0, 0.05) is 97.0 Å². The second kappa shape index (κ2) is 12.9. The fourth-order valence-corrected chi connectivity index (χ4v) is 7.62. The van der Waals surface area contributed by atoms with Crippen LogP contribution in [0, 0.1) is 0 Å². The Hall–Kier alpha value is -5.44. The van der Waals surface area contributed by atoms with E-state index in [4.69, 9.17) is 13.9 Å². The smallest absolute Gasteiger partial charge is 0.338 e. The number of nitrogens with one attached hydrogen (secondary N) is 1. The molecule has 0 aliphatic carbocycles. The number of rotatable bonds is 11. The number of benzene rings is 4. The maximum Gasteiger partial charge on any atom is 0.338 e. The first-order valence-electron chi connectivity index (χ1n) is 17.1. The summed E-state index contributed by atoms with van der Waals surface area (Å²) in [6, 6.07) is 27.5. The van der Waals surface area contributed by atoms with Crippen molar-refractivity contribution in [3.63, 3.8) is 0 Å². The summed E-state index contributed by atoms with van der Waals surface area (Å²) in [7, 11) is 1.57. The van der Waals surface area contributed by atoms with E-state index in [0.29, 0.717) is 35.7 Å². The molecule has 49 heavy (non-hydrogen) atoms. The molecule has 1 amide bonds. The molecule has 2 aliphatic rings. The van der Waals surface area contributed by atoms with E-state index in [1.807, 2.05) is 35.2 Å². The monoisotopic (exact) mass is 658 g/mol. The Labute approximate surface area is 286 Å². The lowest BCUT2D eigenvalue weighted by Crippen LogP contribution is -2.49. The quantitative estimate of drug-likeness (QED) is 0.146. The van der Waals surface area contributed by atoms with Crippen LogP contribution in [0.3, 0.4) is 0 Å². The SMILES string of the molecule is CCN(CC)c1ccc2c(c1)Oc1cc(N(CC)CC)ccc1C21c2ccccc2C(=O)N1CCNc1cc(=O)oc2cc(OC)ccc12. The zero-order valence-electron chi connectivity index (χ0n) is 28.7. The molecule has 9 nitrogen and oxygen atoms in total. The predicted octanol–water partition coefficient (Wildman–Crippen LogP) is 7.46. The number of carbonyl (C=O) groups excluding carboxylic acids is 1. The summed E-state index contributed by atoms with van der Waals surface area (Å²) in [4.78, 5) is 33.7. The molecule has 0 saturated heterocycles. The van der Waals surface area contributed by atoms with Gasteiger partial charge in [0.25, 0.3) is 5.91 Å². The van der Waals surface area contributed by atoms with Gasteiger partial charge >= 0.3 is 5.63 Å². The van der Waals surface area contributed by atoms with Gasteiger partial charge in [0.1, 0.15) is 28.4 Å². The maximum absolute atomic E-state index is 14.6. The van der Waals surface area contributed by atoms with Crippen molar-refractivity contribution in [2.75, 3.05) is 61.5 Å². The number of carbonyl (C=O) groups is 1. The molecule has 1 aromatic heterocycles. The Morgan fingerprint density at radius 3 is 2.00 bits per heavy atom. The number of fused-ring (bicyclic) bond motifs is 7. The standard InChI is InChI=1S/C40H42N4O5/c1-6-42(7-2)26-14-18-32-36(22-26)48-37-23-27(43(8-3)9-4)15-19-33(37)40(32)31-13-11-10-12-29(31)39(46)44(40)21-20-41-34-25-38(45)49-35-24-28(47-5)16-17-30(34)35/h10-19,22-25,41H,6-9,20-21H2,1-5H3. The first kappa shape index (κ1) is 32.1. The number of methoxy groups -OCH3 is 1. The van der Waals surface area contributed by atoms with Crippen molar-refractivity contribution in [1.29, 1.82) is 0 Å². The summed E-state index contributed by atoms with van der Waals surface area (Å²) in [5.41, 5.74) is 5.22. The van der Waals surface area contributed by atoms with Crippen molar-refractivity contribution in [1.82, 2.24) is 4.90 Å². The molecule has 9 heteroatoms. The first-order valence-corrected chi connectivity index (χ1v) is 17.1. The van der Waals surface area contributed by atoms with Gasteiger partial charge in [-0.2, -0.15) is 0 Å². The average molecular weight is 659 g/mol. The summed E-state index contributed by atoms with van der Waals surface area (Å²) < 4.78 is 17.6. The zero-order valence-corrected chi connectivity index (χ0v) is 28.7. The molecule has 0 radical (unpaired) electrons. The lowest BCUT2D eigenvalue weighted by Gasteiger charge is -2.45. The minimum absolute atomic E-state index is 0.0565. The molecule has 1 spiro atoms. The third-order valence-corrected chi connectivity index (χ3v) is 9.99. The highest BCUT2D eigenvalue weighted by atomic mass is 16.5. The van der Waals surface area contributed by atoms with Crippen LogP contribution in [0.15, 0.2) is 94.1 Å². The molecule has 5 aromatic rings. The van der Waals surface area contributed by atoms with E-state index in [9.17, 15) is 9.59 Å². The van der Waals surface area contributed by atoms with Crippen molar-refractivity contribution in [3.8, 4) is 17.2 Å². The second-order valence-corrected chi connectivity index (χ2v) is 12.3. The molecule has 7 rings (SSSR count). The Kier molecular flexibility index (Phi) is 8.44. The maximum atomic E-state index is 14.6. The van der Waals surface area contributed by atoms with Crippen LogP contribution in [-0.4, -0.2) is 57.2 Å². The lowest BCUT2D eigenvalue weighted by atomic mass is 9.74. The van der Waals surface area contributed by atoms with Crippen LogP contribution < -0.4 is 30.2 Å². The third kappa shape index (κ3) is 5.15. The number of hydrogen-bond donors (Lipinski definition) is 1. The van der Waals surface area contributed by atoms with E-state index in [1.165, 1.54) is 6.07 Å². The summed E-state index contributed by atoms with van der Waals surface area (Å²) in [6.45, 7) is 12.8. The van der Waals surface area contributed by atoms with Gasteiger partial charge in [-0.15, -0.1) is 0 Å². The highest BCUT2D eigenvalue weighted by molar-refractivity contribution is 6.02. The molecular formula is C40H42N4O5. The molecule has 3 heterocycles. The molecule has 0 fully saturated rings. The van der Waals surface area contributed by atoms with Crippen molar-refractivity contribution >= 4 is 33.9 Å². The normalized spacial score (nSPS) is 13.9. The van der Waals surface area contributed by atoms with Crippen LogP contribution in [0.2, 0.25) is 0 Å². The summed E-state index contributed by atoms with van der Waals surface area (Å²) in [5, 5.41) is 4.20. The van der Waals surface area contributed by atoms with Crippen molar-refractivity contribution in [3.05, 3.63) is 118 Å². The molecule has 1 N–H and O–H groups in total. The van der Waals surface area contributed by atoms with E-state index < -0.39 is 11.2 Å². The minimum atomic E-state index is -0.937. The average Bonchev–Trinajstić information content (AvgIpc) is 3.36. The Bertz CT molecular complexity index is 2040. The van der Waals surface area contributed by atoms with E-state index >= 15 is 0 Å². The van der Waals surface area contributed by atoms with Gasteiger partial charge in [0.05, 0.1) is 12.8 Å². The van der Waals surface area contributed by atoms with Gasteiger partial charge in [-0.05, 0) is 63.6 Å². The molecule has 0 bridgehead atoms. The van der Waals surface area contributed by atoms with Crippen LogP contribution in [-0.2, 0) is 5.54 Å². The number of ether oxygens (including phenoxy) is 2. The van der Waals surface area contributed by atoms with Gasteiger partial charge < -0.3 is 33.9 Å². The minimum Gasteiger partial charge on any atom is -0.497 e. The van der Waals surface area contributed by atoms with Crippen LogP contribution in [0.4, 0.5) is 17.1 Å². The molecule has 0 unspecified atom stereocenters. The summed E-state index contributed by atoms with van der Waals surface area (Å²) in [5.74, 6) is 2.01. The van der Waals surface area contributed by atoms with Gasteiger partial charge in [-0.3, -0.25) is 4.79 Å². The molecule has 0 atom stereocenters. The first-order chi connectivity index (χ1) is 23.9. The van der Waals surface area contributed by atoms with Crippen LogP contribution in [0.5, 0.6) is 17.2 Å². The van der Waals surface area contributed by atoms with Crippen LogP contribution in [0.25, 0.3) is 11.0 Å². The largest absolute Gasteiger partial charge is 0.497 e. The number of anilines is 3. The summed E-state index contributed by atoms with van der Waals surface area (Å²) >= 11 is 0. The van der Waals surface area contributed by atoms with Gasteiger partial charge in [0.15, 0.2) is 0 Å². The van der Waals surface area contributed by atoms with Crippen LogP contribution in [0.1, 0.15) is 54.7 Å². The van der Waals surface area contributed by atoms with Crippen molar-refractivity contribution in [2.24, 2.45) is 0 Å². The highest BCUT2D eigenvalue weighted by Gasteiger charge is 2.56. The van der Waals surface area contributed by atoms with Crippen LogP contribution >= 0.6 is 0 Å². The van der Waals surface area contributed by atoms with E-state index in [0.717, 1.165) is 71.1 Å². The van der Waals surface area contributed by atoms with Gasteiger partial charge in [-0.25, -0.2) is 4.79 Å². The van der Waals surface area contributed by atoms with E-state index in [1.54, 1.807) is 13.2 Å². The lowest BCUT2D eigenvalue weighted by molar-refractivity contribution is 0.0676. The van der Waals surface area contributed by atoms with E-state index in [-0.39, 0.29) is 5.91 Å². The van der Waals surface area contributed by atoms with Crippen molar-refractivity contribution < 1.29 is 18.7 Å². The molecule has 0 saturated carbocycles. The number of nitrogens with zero attached hydrogens (tertiary/aromatic N) is 3. The highest BCUT2D eigenvalue weighted by Crippen LogP contribution is 2.58. The van der Waals surface area contributed by atoms with E-state index in [2.05, 4.69) is 85.3 Å². The zero-order chi connectivity index (χ0) is 34.3. The Morgan fingerprint density at radius 2 is 1.39 bits per heavy atom. The fraction of sp³-hybridized carbons (Fsp3) is 0.300. The topological polar surface area (TPSA) is 87.5 Å². The van der Waals surface area contributed by atoms with Crippen molar-refractivity contribution in [2.45, 2.75) is 33.2 Å². The molecular weight excluding hydrogens is 616 g/mol. The molecule has 2 aliphatic heterocycles. The third-order valence-electron chi connectivity index (χ3n) is 9.99. The Balaban J connectivity index is 1.37. The Morgan fingerprint density at radius 1 is 0.755 bits per heavy atom. The molecule has 252 valence electrons. The second-order valence-electron chi connectivity index (χ2n) is 12.3. The molecule has 4 aromatic carbocycles. The number of hydrogen-bond acceptors (Lipinski definition) is 8. The van der Waals surface area contributed by atoms with Gasteiger partial charge in [0.2, 0.25) is 0 Å². The predicted molar refractivity (Wildman–Crippen MR) is 195 cm³/mol. The fourth-order valence-electron chi connectivity index (χ4n) is 7.62.